The number of nitrogens with one attached hydrogen (secondary N) is 1. The van der Waals surface area contributed by atoms with Gasteiger partial charge in [0.25, 0.3) is 15.7 Å². The van der Waals surface area contributed by atoms with E-state index in [0.29, 0.717) is 17.9 Å². The van der Waals surface area contributed by atoms with Crippen molar-refractivity contribution < 1.29 is 35.9 Å². The summed E-state index contributed by atoms with van der Waals surface area (Å²) in [5, 5.41) is 2.62. The van der Waals surface area contributed by atoms with Crippen molar-refractivity contribution >= 4 is 15.7 Å². The van der Waals surface area contributed by atoms with Gasteiger partial charge in [-0.25, -0.2) is 8.42 Å². The average Bonchev–Trinajstić information content (AvgIpc) is 2.67. The molecule has 0 saturated carbocycles. The zero-order valence-corrected chi connectivity index (χ0v) is 15.9. The number of halogens is 3. The Bertz CT molecular complexity index is 941. The van der Waals surface area contributed by atoms with Crippen molar-refractivity contribution in [3.8, 4) is 11.5 Å². The largest absolute Gasteiger partial charge is 0.501 e. The predicted molar refractivity (Wildman–Crippen MR) is 95.3 cm³/mol. The highest BCUT2D eigenvalue weighted by atomic mass is 32.2. The molecule has 10 heteroatoms. The van der Waals surface area contributed by atoms with Crippen LogP contribution in [0, 0.1) is 0 Å². The molecule has 0 atom stereocenters. The molecule has 6 nitrogen and oxygen atoms in total. The molecule has 0 fully saturated rings. The van der Waals surface area contributed by atoms with Gasteiger partial charge in [0.15, 0.2) is 0 Å². The second kappa shape index (κ2) is 8.51. The SMILES string of the molecule is COc1ccc(OC)c(CCNC(=O)c2ccc(S(=O)(=O)C(F)(F)F)cc2)c1. The molecule has 152 valence electrons. The van der Waals surface area contributed by atoms with Crippen LogP contribution in [0.2, 0.25) is 0 Å². The van der Waals surface area contributed by atoms with Crippen molar-refractivity contribution in [3.05, 3.63) is 53.6 Å². The van der Waals surface area contributed by atoms with Gasteiger partial charge in [0, 0.05) is 12.1 Å². The number of alkyl halides is 3. The molecule has 0 bridgehead atoms. The summed E-state index contributed by atoms with van der Waals surface area (Å²) in [6.45, 7) is 0.227. The Labute approximate surface area is 160 Å². The molecule has 0 aliphatic carbocycles. The highest BCUT2D eigenvalue weighted by molar-refractivity contribution is 7.92. The minimum absolute atomic E-state index is 0.0405. The summed E-state index contributed by atoms with van der Waals surface area (Å²) >= 11 is 0. The minimum Gasteiger partial charge on any atom is -0.497 e. The molecule has 28 heavy (non-hydrogen) atoms. The fourth-order valence-electron chi connectivity index (χ4n) is 2.41. The lowest BCUT2D eigenvalue weighted by Crippen LogP contribution is -2.26. The standard InChI is InChI=1S/C18H18F3NO5S/c1-26-14-5-8-16(27-2)13(11-14)9-10-22-17(23)12-3-6-15(7-4-12)28(24,25)18(19,20)21/h3-8,11H,9-10H2,1-2H3,(H,22,23). The zero-order chi connectivity index (χ0) is 20.9. The molecule has 2 aromatic carbocycles. The van der Waals surface area contributed by atoms with E-state index >= 15 is 0 Å². The maximum absolute atomic E-state index is 12.5. The fraction of sp³-hybridized carbons (Fsp3) is 0.278. The van der Waals surface area contributed by atoms with Crippen molar-refractivity contribution in [1.82, 2.24) is 5.32 Å². The lowest BCUT2D eigenvalue weighted by molar-refractivity contribution is -0.0436. The molecule has 0 unspecified atom stereocenters. The van der Waals surface area contributed by atoms with Crippen LogP contribution in [-0.2, 0) is 16.3 Å². The summed E-state index contributed by atoms with van der Waals surface area (Å²) in [6, 6.07) is 8.79. The van der Waals surface area contributed by atoms with E-state index in [9.17, 15) is 26.4 Å². The number of hydrogen-bond acceptors (Lipinski definition) is 5. The number of benzene rings is 2. The first-order valence-corrected chi connectivity index (χ1v) is 9.49. The molecule has 2 rings (SSSR count). The van der Waals surface area contributed by atoms with E-state index in [1.165, 1.54) is 14.2 Å². The number of ether oxygens (including phenoxy) is 2. The van der Waals surface area contributed by atoms with Crippen molar-refractivity contribution in [2.45, 2.75) is 16.8 Å². The third kappa shape index (κ3) is 4.75. The molecule has 0 saturated heterocycles. The van der Waals surface area contributed by atoms with Gasteiger partial charge in [-0.1, -0.05) is 0 Å². The molecule has 0 radical (unpaired) electrons. The molecule has 0 aliphatic rings. The quantitative estimate of drug-likeness (QED) is 0.749. The normalized spacial score (nSPS) is 11.8. The van der Waals surface area contributed by atoms with Crippen LogP contribution in [0.4, 0.5) is 13.2 Å². The maximum Gasteiger partial charge on any atom is 0.501 e. The lowest BCUT2D eigenvalue weighted by Gasteiger charge is -2.11. The van der Waals surface area contributed by atoms with Crippen molar-refractivity contribution in [1.29, 1.82) is 0 Å². The number of carbonyl (C=O) groups excluding carboxylic acids is 1. The van der Waals surface area contributed by atoms with Crippen LogP contribution >= 0.6 is 0 Å². The Balaban J connectivity index is 2.03. The third-order valence-corrected chi connectivity index (χ3v) is 5.40. The second-order valence-electron chi connectivity index (χ2n) is 5.66. The number of rotatable bonds is 7. The monoisotopic (exact) mass is 417 g/mol. The number of hydrogen-bond donors (Lipinski definition) is 1. The summed E-state index contributed by atoms with van der Waals surface area (Å²) in [6.07, 6.45) is 0.423. The van der Waals surface area contributed by atoms with Gasteiger partial charge >= 0.3 is 5.51 Å². The topological polar surface area (TPSA) is 81.7 Å². The van der Waals surface area contributed by atoms with Gasteiger partial charge in [-0.3, -0.25) is 4.79 Å². The van der Waals surface area contributed by atoms with E-state index < -0.39 is 26.1 Å². The van der Waals surface area contributed by atoms with E-state index in [4.69, 9.17) is 9.47 Å². The first-order valence-electron chi connectivity index (χ1n) is 8.00. The Morgan fingerprint density at radius 3 is 2.21 bits per heavy atom. The molecular formula is C18H18F3NO5S. The smallest absolute Gasteiger partial charge is 0.497 e. The van der Waals surface area contributed by atoms with Crippen molar-refractivity contribution in [2.75, 3.05) is 20.8 Å². The first-order chi connectivity index (χ1) is 13.1. The van der Waals surface area contributed by atoms with Crippen LogP contribution in [-0.4, -0.2) is 40.6 Å². The van der Waals surface area contributed by atoms with Crippen molar-refractivity contribution in [3.63, 3.8) is 0 Å². The molecule has 0 heterocycles. The minimum atomic E-state index is -5.44. The third-order valence-electron chi connectivity index (χ3n) is 3.90. The molecule has 2 aromatic rings. The van der Waals surface area contributed by atoms with Gasteiger partial charge in [-0.05, 0) is 54.4 Å². The Hall–Kier alpha value is -2.75. The average molecular weight is 417 g/mol. The van der Waals surface area contributed by atoms with Gasteiger partial charge in [0.05, 0.1) is 19.1 Å². The summed E-state index contributed by atoms with van der Waals surface area (Å²) < 4.78 is 70.6. The Morgan fingerprint density at radius 2 is 1.68 bits per heavy atom. The molecule has 0 spiro atoms. The molecule has 0 aromatic heterocycles. The predicted octanol–water partition coefficient (Wildman–Crippen LogP) is 2.97. The van der Waals surface area contributed by atoms with Crippen LogP contribution in [0.3, 0.4) is 0 Å². The van der Waals surface area contributed by atoms with Gasteiger partial charge in [0.2, 0.25) is 0 Å². The first kappa shape index (κ1) is 21.5. The van der Waals surface area contributed by atoms with Crippen LogP contribution in [0.5, 0.6) is 11.5 Å². The van der Waals surface area contributed by atoms with E-state index in [2.05, 4.69) is 5.32 Å². The summed E-state index contributed by atoms with van der Waals surface area (Å²) in [4.78, 5) is 11.2. The van der Waals surface area contributed by atoms with Gasteiger partial charge in [-0.2, -0.15) is 13.2 Å². The Kier molecular flexibility index (Phi) is 6.55. The van der Waals surface area contributed by atoms with Crippen LogP contribution < -0.4 is 14.8 Å². The highest BCUT2D eigenvalue weighted by Gasteiger charge is 2.46. The number of carbonyl (C=O) groups is 1. The number of sulfone groups is 1. The van der Waals surface area contributed by atoms with Crippen LogP contribution in [0.25, 0.3) is 0 Å². The summed E-state index contributed by atoms with van der Waals surface area (Å²) in [5.74, 6) is 0.707. The summed E-state index contributed by atoms with van der Waals surface area (Å²) in [5.41, 5.74) is -4.56. The van der Waals surface area contributed by atoms with Crippen molar-refractivity contribution in [2.24, 2.45) is 0 Å². The molecule has 1 amide bonds. The van der Waals surface area contributed by atoms with E-state index in [1.807, 2.05) is 0 Å². The van der Waals surface area contributed by atoms with E-state index in [-0.39, 0.29) is 12.1 Å². The number of methoxy groups -OCH3 is 2. The van der Waals surface area contributed by atoms with Gasteiger partial charge in [0.1, 0.15) is 11.5 Å². The second-order valence-corrected chi connectivity index (χ2v) is 7.60. The van der Waals surface area contributed by atoms with Crippen LogP contribution in [0.15, 0.2) is 47.4 Å². The summed E-state index contributed by atoms with van der Waals surface area (Å²) in [7, 11) is -2.41. The highest BCUT2D eigenvalue weighted by Crippen LogP contribution is 2.30. The van der Waals surface area contributed by atoms with E-state index in [1.54, 1.807) is 18.2 Å². The molecule has 1 N–H and O–H groups in total. The van der Waals surface area contributed by atoms with Gasteiger partial charge < -0.3 is 14.8 Å². The van der Waals surface area contributed by atoms with Crippen LogP contribution in [0.1, 0.15) is 15.9 Å². The Morgan fingerprint density at radius 1 is 1.04 bits per heavy atom. The zero-order valence-electron chi connectivity index (χ0n) is 15.0. The number of amides is 1. The maximum atomic E-state index is 12.5. The molecular weight excluding hydrogens is 399 g/mol. The lowest BCUT2D eigenvalue weighted by atomic mass is 10.1. The molecule has 0 aliphatic heterocycles. The van der Waals surface area contributed by atoms with Gasteiger partial charge in [-0.15, -0.1) is 0 Å². The fourth-order valence-corrected chi connectivity index (χ4v) is 3.17. The van der Waals surface area contributed by atoms with E-state index in [0.717, 1.165) is 29.8 Å².